The van der Waals surface area contributed by atoms with Gasteiger partial charge in [0.15, 0.2) is 11.5 Å². The van der Waals surface area contributed by atoms with Crippen molar-refractivity contribution in [1.29, 1.82) is 0 Å². The number of carbonyl (C=O) groups is 1. The number of nitrogens with one attached hydrogen (secondary N) is 2. The van der Waals surface area contributed by atoms with E-state index in [-0.39, 0.29) is 12.5 Å². The summed E-state index contributed by atoms with van der Waals surface area (Å²) in [6.45, 7) is 4.35. The molecular formula is C28H24BrCl2N5O3. The van der Waals surface area contributed by atoms with E-state index < -0.39 is 6.04 Å². The van der Waals surface area contributed by atoms with E-state index in [0.29, 0.717) is 55.5 Å². The first kappa shape index (κ1) is 27.1. The molecule has 1 atom stereocenters. The van der Waals surface area contributed by atoms with Gasteiger partial charge in [-0.1, -0.05) is 47.5 Å². The van der Waals surface area contributed by atoms with Crippen molar-refractivity contribution < 1.29 is 14.3 Å². The van der Waals surface area contributed by atoms with Gasteiger partial charge in [0.2, 0.25) is 5.95 Å². The molecule has 1 aromatic heterocycles. The largest absolute Gasteiger partial charge is 0.490 e. The van der Waals surface area contributed by atoms with Crippen LogP contribution in [0.5, 0.6) is 11.5 Å². The summed E-state index contributed by atoms with van der Waals surface area (Å²) in [4.78, 5) is 17.9. The maximum atomic E-state index is 13.6. The van der Waals surface area contributed by atoms with Gasteiger partial charge in [0.25, 0.3) is 5.91 Å². The fourth-order valence-electron chi connectivity index (χ4n) is 4.35. The smallest absolute Gasteiger partial charge is 0.255 e. The Kier molecular flexibility index (Phi) is 8.11. The predicted molar refractivity (Wildman–Crippen MR) is 156 cm³/mol. The molecule has 8 nitrogen and oxygen atoms in total. The van der Waals surface area contributed by atoms with Gasteiger partial charge < -0.3 is 20.1 Å². The van der Waals surface area contributed by atoms with E-state index in [1.165, 1.54) is 6.33 Å². The molecule has 3 aromatic carbocycles. The van der Waals surface area contributed by atoms with Crippen LogP contribution in [0.4, 0.5) is 11.6 Å². The first-order valence-electron chi connectivity index (χ1n) is 12.1. The standard InChI is InChI=1S/C28H24BrCl2N5O3/c1-3-38-23-12-18(11-21(29)26(23)39-14-17-9-10-19(30)13-22(17)31)25-24(16(2)34-28-32-15-33-36(25)28)27(37)35-20-7-5-4-6-8-20/h4-13,15,25H,3,14H2,1-2H3,(H,35,37)(H,32,33,34). The van der Waals surface area contributed by atoms with Gasteiger partial charge in [-0.2, -0.15) is 10.1 Å². The van der Waals surface area contributed by atoms with Gasteiger partial charge in [-0.3, -0.25) is 4.79 Å². The third kappa shape index (κ3) is 5.75. The van der Waals surface area contributed by atoms with Crippen molar-refractivity contribution in [3.05, 3.63) is 104 Å². The predicted octanol–water partition coefficient (Wildman–Crippen LogP) is 7.25. The highest BCUT2D eigenvalue weighted by atomic mass is 79.9. The quantitative estimate of drug-likeness (QED) is 0.214. The monoisotopic (exact) mass is 627 g/mol. The van der Waals surface area contributed by atoms with E-state index >= 15 is 0 Å². The number of fused-ring (bicyclic) bond motifs is 1. The number of hydrogen-bond donors (Lipinski definition) is 2. The molecule has 0 saturated carbocycles. The van der Waals surface area contributed by atoms with Gasteiger partial charge in [0.05, 0.1) is 16.7 Å². The minimum atomic E-state index is -0.581. The number of benzene rings is 3. The molecule has 0 fully saturated rings. The van der Waals surface area contributed by atoms with E-state index in [0.717, 1.165) is 11.1 Å². The fourth-order valence-corrected chi connectivity index (χ4v) is 5.39. The lowest BCUT2D eigenvalue weighted by Crippen LogP contribution is -2.31. The van der Waals surface area contributed by atoms with Crippen molar-refractivity contribution >= 4 is 56.7 Å². The summed E-state index contributed by atoms with van der Waals surface area (Å²) in [7, 11) is 0. The lowest BCUT2D eigenvalue weighted by Gasteiger charge is -2.29. The van der Waals surface area contributed by atoms with Crippen LogP contribution >= 0.6 is 39.1 Å². The van der Waals surface area contributed by atoms with Gasteiger partial charge >= 0.3 is 0 Å². The molecule has 4 aromatic rings. The van der Waals surface area contributed by atoms with Crippen LogP contribution in [0.3, 0.4) is 0 Å². The van der Waals surface area contributed by atoms with Gasteiger partial charge in [-0.05, 0) is 71.7 Å². The Hall–Kier alpha value is -3.53. The van der Waals surface area contributed by atoms with E-state index in [2.05, 4.69) is 36.6 Å². The molecule has 1 unspecified atom stereocenters. The molecule has 0 spiro atoms. The molecule has 1 aliphatic rings. The van der Waals surface area contributed by atoms with Crippen molar-refractivity contribution in [2.24, 2.45) is 0 Å². The van der Waals surface area contributed by atoms with Crippen molar-refractivity contribution in [2.45, 2.75) is 26.5 Å². The number of allylic oxidation sites excluding steroid dienone is 1. The number of halogens is 3. The van der Waals surface area contributed by atoms with Crippen LogP contribution in [0.25, 0.3) is 0 Å². The highest BCUT2D eigenvalue weighted by molar-refractivity contribution is 9.10. The molecule has 200 valence electrons. The number of nitrogens with zero attached hydrogens (tertiary/aromatic N) is 3. The first-order chi connectivity index (χ1) is 18.9. The molecule has 0 aliphatic carbocycles. The molecule has 11 heteroatoms. The SMILES string of the molecule is CCOc1cc(C2C(C(=O)Nc3ccccc3)=C(C)Nc3ncnn32)cc(Br)c1OCc1ccc(Cl)cc1Cl. The number of ether oxygens (including phenoxy) is 2. The van der Waals surface area contributed by atoms with Gasteiger partial charge in [0.1, 0.15) is 19.0 Å². The molecule has 0 radical (unpaired) electrons. The van der Waals surface area contributed by atoms with Crippen molar-refractivity contribution in [3.63, 3.8) is 0 Å². The second-order valence-electron chi connectivity index (χ2n) is 8.70. The second kappa shape index (κ2) is 11.7. The Bertz CT molecular complexity index is 1560. The number of para-hydroxylation sites is 1. The molecule has 39 heavy (non-hydrogen) atoms. The number of hydrogen-bond acceptors (Lipinski definition) is 6. The molecule has 0 bridgehead atoms. The lowest BCUT2D eigenvalue weighted by molar-refractivity contribution is -0.113. The van der Waals surface area contributed by atoms with E-state index in [4.69, 9.17) is 32.7 Å². The van der Waals surface area contributed by atoms with Crippen LogP contribution in [0.15, 0.2) is 82.7 Å². The highest BCUT2D eigenvalue weighted by Gasteiger charge is 2.34. The number of amides is 1. The summed E-state index contributed by atoms with van der Waals surface area (Å²) in [5.41, 5.74) is 3.39. The van der Waals surface area contributed by atoms with Crippen LogP contribution in [-0.2, 0) is 11.4 Å². The Balaban J connectivity index is 1.53. The maximum absolute atomic E-state index is 13.6. The zero-order valence-electron chi connectivity index (χ0n) is 21.0. The number of anilines is 2. The first-order valence-corrected chi connectivity index (χ1v) is 13.7. The van der Waals surface area contributed by atoms with Crippen molar-refractivity contribution in [3.8, 4) is 11.5 Å². The van der Waals surface area contributed by atoms with Crippen LogP contribution in [0.1, 0.15) is 31.0 Å². The number of carbonyl (C=O) groups excluding carboxylic acids is 1. The second-order valence-corrected chi connectivity index (χ2v) is 10.4. The zero-order chi connectivity index (χ0) is 27.5. The van der Waals surface area contributed by atoms with Gasteiger partial charge in [0, 0.05) is 27.0 Å². The molecule has 2 N–H and O–H groups in total. The summed E-state index contributed by atoms with van der Waals surface area (Å²) in [6, 6.07) is 17.7. The zero-order valence-corrected chi connectivity index (χ0v) is 24.1. The van der Waals surface area contributed by atoms with Gasteiger partial charge in [-0.15, -0.1) is 0 Å². The molecular weight excluding hydrogens is 605 g/mol. The summed E-state index contributed by atoms with van der Waals surface area (Å²) >= 11 is 16.0. The maximum Gasteiger partial charge on any atom is 0.255 e. The van der Waals surface area contributed by atoms with Crippen LogP contribution in [0, 0.1) is 0 Å². The lowest BCUT2D eigenvalue weighted by atomic mass is 9.94. The minimum absolute atomic E-state index is 0.207. The number of aromatic nitrogens is 3. The van der Waals surface area contributed by atoms with Crippen molar-refractivity contribution in [2.75, 3.05) is 17.2 Å². The molecule has 1 aliphatic heterocycles. The highest BCUT2D eigenvalue weighted by Crippen LogP contribution is 2.43. The summed E-state index contributed by atoms with van der Waals surface area (Å²) in [6.07, 6.45) is 1.45. The Morgan fingerprint density at radius 3 is 2.67 bits per heavy atom. The fraction of sp³-hybridized carbons (Fsp3) is 0.179. The van der Waals surface area contributed by atoms with E-state index in [9.17, 15) is 4.79 Å². The van der Waals surface area contributed by atoms with Gasteiger partial charge in [-0.25, -0.2) is 4.68 Å². The Morgan fingerprint density at radius 1 is 1.13 bits per heavy atom. The summed E-state index contributed by atoms with van der Waals surface area (Å²) < 4.78 is 14.5. The summed E-state index contributed by atoms with van der Waals surface area (Å²) in [5.74, 6) is 1.28. The molecule has 1 amide bonds. The van der Waals surface area contributed by atoms with Crippen LogP contribution in [-0.4, -0.2) is 27.3 Å². The third-order valence-corrected chi connectivity index (χ3v) is 7.28. The van der Waals surface area contributed by atoms with E-state index in [1.807, 2.05) is 62.4 Å². The number of rotatable bonds is 8. The van der Waals surface area contributed by atoms with Crippen molar-refractivity contribution in [1.82, 2.24) is 14.8 Å². The van der Waals surface area contributed by atoms with E-state index in [1.54, 1.807) is 16.8 Å². The Labute approximate surface area is 244 Å². The van der Waals surface area contributed by atoms with Crippen LogP contribution in [0.2, 0.25) is 10.0 Å². The Morgan fingerprint density at radius 2 is 1.92 bits per heavy atom. The van der Waals surface area contributed by atoms with Crippen LogP contribution < -0.4 is 20.1 Å². The molecule has 2 heterocycles. The summed E-state index contributed by atoms with van der Waals surface area (Å²) in [5, 5.41) is 11.7. The normalized spacial score (nSPS) is 14.4. The topological polar surface area (TPSA) is 90.3 Å². The molecule has 0 saturated heterocycles. The average Bonchev–Trinajstić information content (AvgIpc) is 3.37. The average molecular weight is 629 g/mol. The minimum Gasteiger partial charge on any atom is -0.490 e. The third-order valence-electron chi connectivity index (χ3n) is 6.11. The molecule has 5 rings (SSSR count).